The number of aromatic nitrogens is 1. The summed E-state index contributed by atoms with van der Waals surface area (Å²) in [4.78, 5) is 15.7. The summed E-state index contributed by atoms with van der Waals surface area (Å²) in [5.74, 6) is 5.85. The fraction of sp³-hybridized carbons (Fsp3) is 0.500. The Balaban J connectivity index is 2.47. The van der Waals surface area contributed by atoms with Crippen LogP contribution in [0, 0.1) is 5.92 Å². The van der Waals surface area contributed by atoms with Crippen LogP contribution >= 0.6 is 0 Å². The molecular formula is C12H20N4O. The average molecular weight is 236 g/mol. The van der Waals surface area contributed by atoms with Gasteiger partial charge in [0.15, 0.2) is 0 Å². The summed E-state index contributed by atoms with van der Waals surface area (Å²) < 4.78 is 0. The first-order valence-electron chi connectivity index (χ1n) is 5.84. The topological polar surface area (TPSA) is 80.0 Å². The standard InChI is InChI=1S/C12H20N4O/c1-9(2)4-3-6-15-12(17)10-5-7-14-8-11(10)16-13/h5,7-9,16H,3-4,6,13H2,1-2H3,(H,15,17). The van der Waals surface area contributed by atoms with Crippen molar-refractivity contribution in [2.45, 2.75) is 26.7 Å². The predicted molar refractivity (Wildman–Crippen MR) is 68.5 cm³/mol. The van der Waals surface area contributed by atoms with Gasteiger partial charge in [0.25, 0.3) is 5.91 Å². The molecule has 5 nitrogen and oxygen atoms in total. The van der Waals surface area contributed by atoms with E-state index < -0.39 is 0 Å². The first kappa shape index (κ1) is 13.4. The van der Waals surface area contributed by atoms with Gasteiger partial charge in [0, 0.05) is 12.7 Å². The Morgan fingerprint density at radius 2 is 2.29 bits per heavy atom. The molecule has 1 aromatic heterocycles. The van der Waals surface area contributed by atoms with Crippen molar-refractivity contribution in [3.63, 3.8) is 0 Å². The molecular weight excluding hydrogens is 216 g/mol. The molecule has 0 spiro atoms. The number of anilines is 1. The molecule has 1 rings (SSSR count). The molecule has 0 saturated carbocycles. The van der Waals surface area contributed by atoms with E-state index >= 15 is 0 Å². The largest absolute Gasteiger partial charge is 0.352 e. The van der Waals surface area contributed by atoms with Crippen LogP contribution in [0.4, 0.5) is 5.69 Å². The van der Waals surface area contributed by atoms with Crippen LogP contribution in [0.15, 0.2) is 18.5 Å². The smallest absolute Gasteiger partial charge is 0.253 e. The van der Waals surface area contributed by atoms with Crippen molar-refractivity contribution in [1.82, 2.24) is 10.3 Å². The van der Waals surface area contributed by atoms with E-state index in [2.05, 4.69) is 29.6 Å². The minimum Gasteiger partial charge on any atom is -0.352 e. The third-order valence-electron chi connectivity index (χ3n) is 2.47. The summed E-state index contributed by atoms with van der Waals surface area (Å²) in [6.07, 6.45) is 5.20. The summed E-state index contributed by atoms with van der Waals surface area (Å²) in [6, 6.07) is 1.65. The quantitative estimate of drug-likeness (QED) is 0.397. The number of nitrogens with one attached hydrogen (secondary N) is 2. The van der Waals surface area contributed by atoms with E-state index in [1.807, 2.05) is 0 Å². The van der Waals surface area contributed by atoms with Crippen LogP contribution in [0.3, 0.4) is 0 Å². The summed E-state index contributed by atoms with van der Waals surface area (Å²) in [6.45, 7) is 5.02. The van der Waals surface area contributed by atoms with Gasteiger partial charge in [-0.1, -0.05) is 13.8 Å². The van der Waals surface area contributed by atoms with E-state index in [1.54, 1.807) is 12.3 Å². The fourth-order valence-electron chi connectivity index (χ4n) is 1.51. The molecule has 5 heteroatoms. The van der Waals surface area contributed by atoms with Crippen LogP contribution in [-0.4, -0.2) is 17.4 Å². The van der Waals surface area contributed by atoms with E-state index in [0.717, 1.165) is 12.8 Å². The van der Waals surface area contributed by atoms with Gasteiger partial charge < -0.3 is 10.7 Å². The molecule has 94 valence electrons. The Morgan fingerprint density at radius 3 is 2.94 bits per heavy atom. The molecule has 0 radical (unpaired) electrons. The molecule has 0 aliphatic carbocycles. The van der Waals surface area contributed by atoms with E-state index in [1.165, 1.54) is 6.20 Å². The number of nitrogen functional groups attached to an aromatic ring is 1. The van der Waals surface area contributed by atoms with Crippen molar-refractivity contribution >= 4 is 11.6 Å². The Hall–Kier alpha value is -1.62. The van der Waals surface area contributed by atoms with Crippen LogP contribution in [0.5, 0.6) is 0 Å². The van der Waals surface area contributed by atoms with Crippen LogP contribution < -0.4 is 16.6 Å². The van der Waals surface area contributed by atoms with E-state index in [9.17, 15) is 4.79 Å². The molecule has 0 bridgehead atoms. The molecule has 0 atom stereocenters. The van der Waals surface area contributed by atoms with E-state index in [0.29, 0.717) is 23.7 Å². The number of rotatable bonds is 6. The van der Waals surface area contributed by atoms with Crippen molar-refractivity contribution in [1.29, 1.82) is 0 Å². The maximum absolute atomic E-state index is 11.8. The molecule has 0 fully saturated rings. The highest BCUT2D eigenvalue weighted by Gasteiger charge is 2.09. The predicted octanol–water partition coefficient (Wildman–Crippen LogP) is 1.53. The highest BCUT2D eigenvalue weighted by Crippen LogP contribution is 2.11. The lowest BCUT2D eigenvalue weighted by Gasteiger charge is -2.09. The lowest BCUT2D eigenvalue weighted by Crippen LogP contribution is -2.26. The van der Waals surface area contributed by atoms with Crippen molar-refractivity contribution in [2.75, 3.05) is 12.0 Å². The highest BCUT2D eigenvalue weighted by molar-refractivity contribution is 5.99. The average Bonchev–Trinajstić information content (AvgIpc) is 2.34. The first-order valence-corrected chi connectivity index (χ1v) is 5.84. The fourth-order valence-corrected chi connectivity index (χ4v) is 1.51. The maximum atomic E-state index is 11.8. The third kappa shape index (κ3) is 4.40. The van der Waals surface area contributed by atoms with Crippen molar-refractivity contribution in [2.24, 2.45) is 11.8 Å². The van der Waals surface area contributed by atoms with Crippen molar-refractivity contribution in [3.8, 4) is 0 Å². The number of pyridine rings is 1. The van der Waals surface area contributed by atoms with Gasteiger partial charge in [0.1, 0.15) is 0 Å². The summed E-state index contributed by atoms with van der Waals surface area (Å²) in [7, 11) is 0. The van der Waals surface area contributed by atoms with Gasteiger partial charge in [0.2, 0.25) is 0 Å². The van der Waals surface area contributed by atoms with Gasteiger partial charge in [0.05, 0.1) is 17.4 Å². The van der Waals surface area contributed by atoms with Crippen LogP contribution in [0.2, 0.25) is 0 Å². The lowest BCUT2D eigenvalue weighted by molar-refractivity contribution is 0.0953. The number of hydrazine groups is 1. The zero-order valence-electron chi connectivity index (χ0n) is 10.4. The van der Waals surface area contributed by atoms with E-state index in [4.69, 9.17) is 5.84 Å². The van der Waals surface area contributed by atoms with Gasteiger partial charge in [-0.3, -0.25) is 15.6 Å². The highest BCUT2D eigenvalue weighted by atomic mass is 16.1. The van der Waals surface area contributed by atoms with Gasteiger partial charge in [-0.05, 0) is 24.8 Å². The van der Waals surface area contributed by atoms with Crippen LogP contribution in [0.25, 0.3) is 0 Å². The minimum absolute atomic E-state index is 0.121. The van der Waals surface area contributed by atoms with Gasteiger partial charge in [-0.2, -0.15) is 0 Å². The molecule has 1 amide bonds. The normalized spacial score (nSPS) is 10.4. The Kier molecular flexibility index (Phi) is 5.42. The first-order chi connectivity index (χ1) is 8.15. The number of nitrogens with two attached hydrogens (primary N) is 1. The molecule has 0 saturated heterocycles. The number of hydrogen-bond donors (Lipinski definition) is 3. The number of carbonyl (C=O) groups is 1. The molecule has 17 heavy (non-hydrogen) atoms. The Bertz CT molecular complexity index is 365. The molecule has 0 aromatic carbocycles. The maximum Gasteiger partial charge on any atom is 0.253 e. The van der Waals surface area contributed by atoms with Gasteiger partial charge in [-0.25, -0.2) is 0 Å². The summed E-state index contributed by atoms with van der Waals surface area (Å²) >= 11 is 0. The SMILES string of the molecule is CC(C)CCCNC(=O)c1ccncc1NN. The molecule has 4 N–H and O–H groups in total. The lowest BCUT2D eigenvalue weighted by atomic mass is 10.1. The molecule has 0 unspecified atom stereocenters. The number of hydrogen-bond acceptors (Lipinski definition) is 4. The minimum atomic E-state index is -0.121. The van der Waals surface area contributed by atoms with Crippen molar-refractivity contribution < 1.29 is 4.79 Å². The summed E-state index contributed by atoms with van der Waals surface area (Å²) in [5.41, 5.74) is 3.52. The molecule has 1 aromatic rings. The third-order valence-corrected chi connectivity index (χ3v) is 2.47. The zero-order valence-corrected chi connectivity index (χ0v) is 10.4. The van der Waals surface area contributed by atoms with Gasteiger partial charge >= 0.3 is 0 Å². The second-order valence-electron chi connectivity index (χ2n) is 4.36. The number of carbonyl (C=O) groups excluding carboxylic acids is 1. The molecule has 0 aliphatic heterocycles. The second kappa shape index (κ2) is 6.85. The summed E-state index contributed by atoms with van der Waals surface area (Å²) in [5, 5.41) is 2.87. The van der Waals surface area contributed by atoms with Crippen molar-refractivity contribution in [3.05, 3.63) is 24.0 Å². The number of nitrogens with zero attached hydrogens (tertiary/aromatic N) is 1. The zero-order chi connectivity index (χ0) is 12.7. The van der Waals surface area contributed by atoms with E-state index in [-0.39, 0.29) is 5.91 Å². The Morgan fingerprint density at radius 1 is 1.53 bits per heavy atom. The second-order valence-corrected chi connectivity index (χ2v) is 4.36. The molecule has 1 heterocycles. The van der Waals surface area contributed by atoms with Crippen LogP contribution in [-0.2, 0) is 0 Å². The monoisotopic (exact) mass is 236 g/mol. The van der Waals surface area contributed by atoms with Crippen LogP contribution in [0.1, 0.15) is 37.0 Å². The van der Waals surface area contributed by atoms with Gasteiger partial charge in [-0.15, -0.1) is 0 Å². The molecule has 0 aliphatic rings. The Labute approximate surface area is 102 Å². The number of amides is 1.